The van der Waals surface area contributed by atoms with Crippen LogP contribution in [0.15, 0.2) is 60.7 Å². The normalized spacial score (nSPS) is 12.7. The Kier molecular flexibility index (Phi) is 42.8. The summed E-state index contributed by atoms with van der Waals surface area (Å²) < 4.78 is 23.1. The average Bonchev–Trinajstić information content (AvgIpc) is 3.27. The van der Waals surface area contributed by atoms with Crippen molar-refractivity contribution in [2.45, 2.75) is 245 Å². The molecule has 10 nitrogen and oxygen atoms in total. The molecule has 11 heteroatoms. The molecule has 0 saturated carbocycles. The summed E-state index contributed by atoms with van der Waals surface area (Å²) in [6, 6.07) is 20.2. The number of carboxylic acid groups (broad SMARTS) is 2. The van der Waals surface area contributed by atoms with Gasteiger partial charge < -0.3 is 38.7 Å². The number of rotatable bonds is 40. The Morgan fingerprint density at radius 1 is 0.415 bits per heavy atom. The van der Waals surface area contributed by atoms with Gasteiger partial charge in [0.1, 0.15) is 12.2 Å². The summed E-state index contributed by atoms with van der Waals surface area (Å²) in [6.07, 6.45) is 27.4. The monoisotopic (exact) mass is 1030 g/mol. The van der Waals surface area contributed by atoms with Crippen molar-refractivity contribution < 1.29 is 48.3 Å². The van der Waals surface area contributed by atoms with Crippen LogP contribution in [0.25, 0.3) is 0 Å². The van der Waals surface area contributed by atoms with Crippen LogP contribution in [0.3, 0.4) is 0 Å². The molecule has 0 spiro atoms. The van der Waals surface area contributed by atoms with Gasteiger partial charge in [0.15, 0.2) is 0 Å². The van der Waals surface area contributed by atoms with Crippen molar-refractivity contribution in [3.63, 3.8) is 0 Å². The van der Waals surface area contributed by atoms with Gasteiger partial charge in [-0.3, -0.25) is 9.59 Å². The largest absolute Gasteiger partial charge is 2.00 e. The van der Waals surface area contributed by atoms with Gasteiger partial charge in [-0.05, 0) is 75.3 Å². The van der Waals surface area contributed by atoms with Gasteiger partial charge in [-0.25, -0.2) is 0 Å². The molecule has 4 unspecified atom stereocenters. The zero-order valence-electron chi connectivity index (χ0n) is 41.1. The van der Waals surface area contributed by atoms with E-state index in [1.807, 2.05) is 36.4 Å². The first-order valence-electron chi connectivity index (χ1n) is 25.1. The number of benzene rings is 2. The van der Waals surface area contributed by atoms with Crippen LogP contribution in [-0.4, -0.2) is 97.2 Å². The Labute approximate surface area is 434 Å². The van der Waals surface area contributed by atoms with Crippen molar-refractivity contribution in [1.29, 1.82) is 0 Å². The molecule has 0 heterocycles. The number of carbonyl (C=O) groups is 4. The number of carboxylic acids is 2. The first-order chi connectivity index (χ1) is 31.0. The SMILES string of the molecule is CCCCCCCCCCCC(CCC(CCC(=O)[O-])OC(C)=O)OCc1ccccc1.CCCCCCCCCCCC(CCC(CCC(=O)[O-])OC(C)=O)OCc1ccccc1.[Ba+2]. The zero-order chi connectivity index (χ0) is 46.9. The molecule has 2 aromatic carbocycles. The van der Waals surface area contributed by atoms with E-state index in [1.54, 1.807) is 0 Å². The van der Waals surface area contributed by atoms with Crippen molar-refractivity contribution in [2.24, 2.45) is 0 Å². The van der Waals surface area contributed by atoms with Gasteiger partial charge in [-0.1, -0.05) is 190 Å². The predicted octanol–water partition coefficient (Wildman–Crippen LogP) is 11.1. The number of unbranched alkanes of at least 4 members (excludes halogenated alkanes) is 16. The second kappa shape index (κ2) is 44.3. The Balaban J connectivity index is 0.00000124. The van der Waals surface area contributed by atoms with Crippen LogP contribution in [0.2, 0.25) is 0 Å². The maximum Gasteiger partial charge on any atom is 2.00 e. The summed E-state index contributed by atoms with van der Waals surface area (Å²) in [5.74, 6) is -2.99. The number of hydrogen-bond acceptors (Lipinski definition) is 10. The average molecular weight is 1030 g/mol. The van der Waals surface area contributed by atoms with Crippen molar-refractivity contribution in [2.75, 3.05) is 0 Å². The summed E-state index contributed by atoms with van der Waals surface area (Å²) in [4.78, 5) is 44.4. The van der Waals surface area contributed by atoms with Crippen molar-refractivity contribution >= 4 is 72.8 Å². The second-order valence-electron chi connectivity index (χ2n) is 17.5. The van der Waals surface area contributed by atoms with Crippen molar-refractivity contribution in [3.8, 4) is 0 Å². The molecule has 2 rings (SSSR count). The zero-order valence-corrected chi connectivity index (χ0v) is 45.5. The minimum absolute atomic E-state index is 0. The van der Waals surface area contributed by atoms with Gasteiger partial charge in [0.2, 0.25) is 0 Å². The fourth-order valence-electron chi connectivity index (χ4n) is 7.86. The van der Waals surface area contributed by atoms with Crippen LogP contribution in [0.5, 0.6) is 0 Å². The van der Waals surface area contributed by atoms with Crippen LogP contribution >= 0.6 is 0 Å². The molecule has 364 valence electrons. The number of hydrogen-bond donors (Lipinski definition) is 0. The molecule has 0 fully saturated rings. The molecule has 0 bridgehead atoms. The molecule has 2 aromatic rings. The van der Waals surface area contributed by atoms with E-state index >= 15 is 0 Å². The van der Waals surface area contributed by atoms with Gasteiger partial charge in [-0.15, -0.1) is 0 Å². The van der Waals surface area contributed by atoms with Crippen LogP contribution in [0, 0.1) is 0 Å². The minimum atomic E-state index is -1.12. The van der Waals surface area contributed by atoms with E-state index in [2.05, 4.69) is 38.1 Å². The van der Waals surface area contributed by atoms with Crippen LogP contribution in [0.1, 0.15) is 219 Å². The summed E-state index contributed by atoms with van der Waals surface area (Å²) in [5.41, 5.74) is 2.27. The summed E-state index contributed by atoms with van der Waals surface area (Å²) in [7, 11) is 0. The topological polar surface area (TPSA) is 151 Å². The maximum absolute atomic E-state index is 11.4. The molecule has 0 amide bonds. The van der Waals surface area contributed by atoms with E-state index < -0.39 is 24.1 Å². The van der Waals surface area contributed by atoms with Gasteiger partial charge in [0.25, 0.3) is 0 Å². The van der Waals surface area contributed by atoms with Gasteiger partial charge in [-0.2, -0.15) is 0 Å². The molecule has 4 atom stereocenters. The van der Waals surface area contributed by atoms with E-state index in [-0.39, 0.29) is 98.7 Å². The third-order valence-electron chi connectivity index (χ3n) is 11.5. The Bertz CT molecular complexity index is 1320. The molecule has 0 saturated heterocycles. The smallest absolute Gasteiger partial charge is 0.550 e. The summed E-state index contributed by atoms with van der Waals surface area (Å²) >= 11 is 0. The van der Waals surface area contributed by atoms with Gasteiger partial charge in [0.05, 0.1) is 25.4 Å². The molecule has 0 N–H and O–H groups in total. The molecule has 0 aliphatic heterocycles. The van der Waals surface area contributed by atoms with Gasteiger partial charge in [0, 0.05) is 25.8 Å². The fraction of sp³-hybridized carbons (Fsp3) is 0.704. The Morgan fingerprint density at radius 2 is 0.708 bits per heavy atom. The Morgan fingerprint density at radius 3 is 1.00 bits per heavy atom. The number of aliphatic carboxylic acids is 2. The van der Waals surface area contributed by atoms with Crippen LogP contribution < -0.4 is 10.2 Å². The summed E-state index contributed by atoms with van der Waals surface area (Å²) in [5, 5.41) is 21.6. The van der Waals surface area contributed by atoms with E-state index in [1.165, 1.54) is 117 Å². The molecule has 0 radical (unpaired) electrons. The molecule has 0 aromatic heterocycles. The minimum Gasteiger partial charge on any atom is -0.550 e. The Hall–Kier alpha value is -2.19. The first kappa shape index (κ1) is 62.8. The third-order valence-corrected chi connectivity index (χ3v) is 11.5. The standard InChI is InChI=1S/2C27H44O5.Ba/c2*1-3-4-5-6-7-8-9-10-14-17-25(31-22-24-15-12-11-13-16-24)18-19-26(32-23(2)28)20-21-27(29)30;/h2*11-13,15-16,25-26H,3-10,14,17-22H2,1-2H3,(H,29,30);/q;;+2/p-2. The molecular weight excluding hydrogens is 946 g/mol. The van der Waals surface area contributed by atoms with E-state index in [9.17, 15) is 29.4 Å². The van der Waals surface area contributed by atoms with E-state index in [0.29, 0.717) is 26.1 Å². The first-order valence-corrected chi connectivity index (χ1v) is 25.1. The van der Waals surface area contributed by atoms with Gasteiger partial charge >= 0.3 is 60.8 Å². The quantitative estimate of drug-likeness (QED) is 0.0358. The number of ether oxygens (including phenoxy) is 4. The summed E-state index contributed by atoms with van der Waals surface area (Å²) in [6.45, 7) is 8.32. The van der Waals surface area contributed by atoms with Crippen LogP contribution in [-0.2, 0) is 51.3 Å². The van der Waals surface area contributed by atoms with Crippen molar-refractivity contribution in [1.82, 2.24) is 0 Å². The fourth-order valence-corrected chi connectivity index (χ4v) is 7.86. The number of carbonyl (C=O) groups excluding carboxylic acids is 4. The third kappa shape index (κ3) is 40.6. The maximum atomic E-state index is 11.4. The molecular formula is C54H86BaO10. The molecule has 0 aliphatic carbocycles. The van der Waals surface area contributed by atoms with Crippen LogP contribution in [0.4, 0.5) is 0 Å². The van der Waals surface area contributed by atoms with E-state index in [4.69, 9.17) is 18.9 Å². The van der Waals surface area contributed by atoms with Crippen molar-refractivity contribution in [3.05, 3.63) is 71.8 Å². The second-order valence-corrected chi connectivity index (χ2v) is 17.5. The molecule has 0 aliphatic rings. The molecule has 65 heavy (non-hydrogen) atoms. The number of esters is 2. The van der Waals surface area contributed by atoms with E-state index in [0.717, 1.165) is 49.7 Å². The predicted molar refractivity (Wildman–Crippen MR) is 258 cm³/mol.